The van der Waals surface area contributed by atoms with Crippen molar-refractivity contribution in [1.82, 2.24) is 35.2 Å². The fourth-order valence-corrected chi connectivity index (χ4v) is 8.92. The molecule has 0 aliphatic carbocycles. The number of rotatable bonds is 10. The number of halogens is 1. The zero-order valence-electron chi connectivity index (χ0n) is 33.2. The number of imide groups is 1. The molecule has 5 fully saturated rings. The Hall–Kier alpha value is -5.78. The molecule has 6 heterocycles. The molecule has 5 saturated heterocycles. The van der Waals surface area contributed by atoms with Crippen LogP contribution in [-0.4, -0.2) is 145 Å². The molecule has 308 valence electrons. The quantitative estimate of drug-likeness (QED) is 0.274. The van der Waals surface area contributed by atoms with E-state index in [0.717, 1.165) is 75.3 Å². The summed E-state index contributed by atoms with van der Waals surface area (Å²) >= 11 is 0. The Morgan fingerprint density at radius 2 is 1.66 bits per heavy atom. The van der Waals surface area contributed by atoms with Gasteiger partial charge in [-0.1, -0.05) is 0 Å². The van der Waals surface area contributed by atoms with Crippen LogP contribution in [0.2, 0.25) is 0 Å². The zero-order valence-corrected chi connectivity index (χ0v) is 33.2. The van der Waals surface area contributed by atoms with Gasteiger partial charge in [0.15, 0.2) is 11.5 Å². The van der Waals surface area contributed by atoms with Crippen molar-refractivity contribution in [1.29, 1.82) is 0 Å². The van der Waals surface area contributed by atoms with Crippen LogP contribution in [0.4, 0.5) is 48.5 Å². The number of aryl methyl sites for hydroxylation is 1. The molecule has 3 aromatic rings. The van der Waals surface area contributed by atoms with Crippen molar-refractivity contribution in [2.45, 2.75) is 45.1 Å². The number of carbonyl (C=O) groups excluding carboxylic acids is 4. The van der Waals surface area contributed by atoms with Gasteiger partial charge in [-0.25, -0.2) is 14.0 Å². The summed E-state index contributed by atoms with van der Waals surface area (Å²) in [5.41, 5.74) is 9.39. The number of benzene rings is 2. The highest BCUT2D eigenvalue weighted by atomic mass is 19.1. The second kappa shape index (κ2) is 16.6. The number of nitrogens with one attached hydrogen (secondary N) is 2. The summed E-state index contributed by atoms with van der Waals surface area (Å²) in [5, 5.41) is 13.8. The van der Waals surface area contributed by atoms with Crippen molar-refractivity contribution < 1.29 is 23.6 Å². The number of nitrogens with zero attached hydrogens (tertiary/aromatic N) is 10. The SMILES string of the molecule is Cc1cc(N2CCC(CN3CCN(c4ccc(Nc5nc(N6CCCC(N7CCN(C)C7=O)C6)nnc5C(N)=O)cc4F)CC3)CC2)ccc1N1CCC(=O)NC1=O. The molecule has 1 aromatic heterocycles. The summed E-state index contributed by atoms with van der Waals surface area (Å²) in [6.45, 7) is 11.0. The molecule has 5 aliphatic rings. The first-order valence-electron chi connectivity index (χ1n) is 20.3. The van der Waals surface area contributed by atoms with Crippen LogP contribution < -0.4 is 36.0 Å². The molecule has 2 aromatic carbocycles. The normalized spacial score (nSPS) is 21.2. The largest absolute Gasteiger partial charge is 0.372 e. The number of urea groups is 2. The van der Waals surface area contributed by atoms with Gasteiger partial charge in [-0.05, 0) is 80.5 Å². The molecule has 5 aliphatic heterocycles. The van der Waals surface area contributed by atoms with Crippen LogP contribution in [0, 0.1) is 18.7 Å². The van der Waals surface area contributed by atoms with E-state index < -0.39 is 5.91 Å². The van der Waals surface area contributed by atoms with E-state index >= 15 is 4.39 Å². The lowest BCUT2D eigenvalue weighted by Gasteiger charge is -2.40. The van der Waals surface area contributed by atoms with Crippen LogP contribution in [0.3, 0.4) is 0 Å². The molecule has 0 saturated carbocycles. The summed E-state index contributed by atoms with van der Waals surface area (Å²) < 4.78 is 15.7. The number of piperazine rings is 1. The molecule has 1 unspecified atom stereocenters. The highest BCUT2D eigenvalue weighted by Crippen LogP contribution is 2.32. The second-order valence-corrected chi connectivity index (χ2v) is 16.0. The second-order valence-electron chi connectivity index (χ2n) is 16.0. The predicted octanol–water partition coefficient (Wildman–Crippen LogP) is 2.98. The standard InChI is InChI=1S/C40H52FN13O4/c1-26-22-29(6-8-32(26)54-15-11-34(55)44-39(54)57)50-13-9-27(10-14-50)24-49-17-19-51(20-18-49)33-7-5-28(23-31(33)41)43-37-35(36(42)56)46-47-38(45-37)52-12-3-4-30(25-52)53-21-16-48(2)40(53)58/h5-8,22-23,27,30H,3-4,9-21,24-25H2,1-2H3,(H2,42,56)(H,43,45,47)(H,44,55,57). The van der Waals surface area contributed by atoms with Gasteiger partial charge < -0.3 is 35.6 Å². The molecule has 0 radical (unpaired) electrons. The van der Waals surface area contributed by atoms with Crippen LogP contribution >= 0.6 is 0 Å². The lowest BCUT2D eigenvalue weighted by Crippen LogP contribution is -2.49. The predicted molar refractivity (Wildman–Crippen MR) is 218 cm³/mol. The molecule has 6 amide bonds. The van der Waals surface area contributed by atoms with Crippen molar-refractivity contribution in [3.05, 3.63) is 53.5 Å². The first kappa shape index (κ1) is 39.1. The number of hydrogen-bond donors (Lipinski definition) is 3. The third-order valence-corrected chi connectivity index (χ3v) is 12.2. The molecule has 0 bridgehead atoms. The van der Waals surface area contributed by atoms with E-state index in [9.17, 15) is 19.2 Å². The fraction of sp³-hybridized carbons (Fsp3) is 0.525. The number of amides is 6. The van der Waals surface area contributed by atoms with Gasteiger partial charge in [0.25, 0.3) is 5.91 Å². The van der Waals surface area contributed by atoms with E-state index in [1.165, 1.54) is 6.07 Å². The van der Waals surface area contributed by atoms with Gasteiger partial charge in [0.2, 0.25) is 11.9 Å². The minimum Gasteiger partial charge on any atom is -0.372 e. The maximum Gasteiger partial charge on any atom is 0.328 e. The van der Waals surface area contributed by atoms with Crippen molar-refractivity contribution in [3.8, 4) is 0 Å². The van der Waals surface area contributed by atoms with Crippen molar-refractivity contribution in [2.24, 2.45) is 11.7 Å². The summed E-state index contributed by atoms with van der Waals surface area (Å²) in [6, 6.07) is 10.8. The maximum absolute atomic E-state index is 15.7. The number of nitrogens with two attached hydrogens (primary N) is 1. The lowest BCUT2D eigenvalue weighted by molar-refractivity contribution is -0.120. The first-order valence-corrected chi connectivity index (χ1v) is 20.3. The Bertz CT molecular complexity index is 2050. The number of anilines is 6. The molecule has 1 atom stereocenters. The number of hydrogen-bond acceptors (Lipinski definition) is 12. The van der Waals surface area contributed by atoms with Crippen LogP contribution in [0.5, 0.6) is 0 Å². The van der Waals surface area contributed by atoms with E-state index in [-0.39, 0.29) is 41.3 Å². The Balaban J connectivity index is 0.829. The van der Waals surface area contributed by atoms with Gasteiger partial charge >= 0.3 is 12.1 Å². The minimum absolute atomic E-state index is 0.0127. The average Bonchev–Trinajstić information content (AvgIpc) is 3.55. The van der Waals surface area contributed by atoms with E-state index in [1.54, 1.807) is 29.0 Å². The van der Waals surface area contributed by atoms with Gasteiger partial charge in [-0.15, -0.1) is 10.2 Å². The van der Waals surface area contributed by atoms with Crippen molar-refractivity contribution in [3.63, 3.8) is 0 Å². The van der Waals surface area contributed by atoms with Crippen LogP contribution in [-0.2, 0) is 4.79 Å². The van der Waals surface area contributed by atoms with Gasteiger partial charge in [-0.3, -0.25) is 24.7 Å². The highest BCUT2D eigenvalue weighted by Gasteiger charge is 2.35. The Morgan fingerprint density at radius 1 is 0.879 bits per heavy atom. The Kier molecular flexibility index (Phi) is 11.2. The smallest absolute Gasteiger partial charge is 0.328 e. The minimum atomic E-state index is -0.802. The fourth-order valence-electron chi connectivity index (χ4n) is 8.92. The van der Waals surface area contributed by atoms with E-state index in [1.807, 2.05) is 22.8 Å². The third-order valence-electron chi connectivity index (χ3n) is 12.2. The molecular formula is C40H52FN13O4. The topological polar surface area (TPSA) is 180 Å². The van der Waals surface area contributed by atoms with Crippen molar-refractivity contribution in [2.75, 3.05) is 111 Å². The van der Waals surface area contributed by atoms with E-state index in [2.05, 4.69) is 52.6 Å². The summed E-state index contributed by atoms with van der Waals surface area (Å²) in [6.07, 6.45) is 4.18. The molecular weight excluding hydrogens is 746 g/mol. The maximum atomic E-state index is 15.7. The number of aromatic nitrogens is 3. The molecule has 0 spiro atoms. The molecule has 18 heteroatoms. The van der Waals surface area contributed by atoms with Gasteiger partial charge in [-0.2, -0.15) is 4.98 Å². The number of likely N-dealkylation sites (N-methyl/N-ethyl adjacent to an activating group) is 1. The molecule has 4 N–H and O–H groups in total. The molecule has 8 rings (SSSR count). The summed E-state index contributed by atoms with van der Waals surface area (Å²) in [7, 11) is 1.80. The van der Waals surface area contributed by atoms with Crippen LogP contribution in [0.1, 0.15) is 48.2 Å². The summed E-state index contributed by atoms with van der Waals surface area (Å²) in [4.78, 5) is 67.7. The van der Waals surface area contributed by atoms with Crippen LogP contribution in [0.15, 0.2) is 36.4 Å². The van der Waals surface area contributed by atoms with E-state index in [4.69, 9.17) is 5.73 Å². The van der Waals surface area contributed by atoms with Crippen molar-refractivity contribution >= 4 is 58.4 Å². The Morgan fingerprint density at radius 3 is 2.34 bits per heavy atom. The van der Waals surface area contributed by atoms with Gasteiger partial charge in [0.05, 0.1) is 11.7 Å². The zero-order chi connectivity index (χ0) is 40.5. The first-order chi connectivity index (χ1) is 28.0. The summed E-state index contributed by atoms with van der Waals surface area (Å²) in [5.74, 6) is -0.438. The molecule has 58 heavy (non-hydrogen) atoms. The van der Waals surface area contributed by atoms with E-state index in [0.29, 0.717) is 75.5 Å². The Labute approximate surface area is 337 Å². The number of piperidine rings is 2. The number of primary amides is 1. The van der Waals surface area contributed by atoms with Gasteiger partial charge in [0.1, 0.15) is 5.82 Å². The monoisotopic (exact) mass is 797 g/mol. The lowest BCUT2D eigenvalue weighted by atomic mass is 9.95. The number of carbonyl (C=O) groups is 4. The third kappa shape index (κ3) is 8.28. The molecule has 17 nitrogen and oxygen atoms in total. The average molecular weight is 798 g/mol. The van der Waals surface area contributed by atoms with Gasteiger partial charge in [0, 0.05) is 109 Å². The highest BCUT2D eigenvalue weighted by molar-refractivity contribution is 6.06. The van der Waals surface area contributed by atoms with Crippen LogP contribution in [0.25, 0.3) is 0 Å².